The number of imidazole rings is 1. The second kappa shape index (κ2) is 8.33. The van der Waals surface area contributed by atoms with Gasteiger partial charge in [-0.15, -0.1) is 0 Å². The molecule has 0 aliphatic rings. The van der Waals surface area contributed by atoms with Crippen molar-refractivity contribution in [2.45, 2.75) is 25.7 Å². The molecule has 1 heterocycles. The molecule has 0 unspecified atom stereocenters. The van der Waals surface area contributed by atoms with Crippen LogP contribution in [0.4, 0.5) is 0 Å². The maximum Gasteiger partial charge on any atom is 0.220 e. The average molecular weight is 337 g/mol. The van der Waals surface area contributed by atoms with E-state index in [9.17, 15) is 4.79 Å². The van der Waals surface area contributed by atoms with E-state index in [1.165, 1.54) is 0 Å². The second-order valence-corrected chi connectivity index (χ2v) is 6.00. The minimum absolute atomic E-state index is 0.0837. The number of nitrogens with one attached hydrogen (secondary N) is 2. The van der Waals surface area contributed by atoms with Gasteiger partial charge in [0.05, 0.1) is 18.1 Å². The lowest BCUT2D eigenvalue weighted by molar-refractivity contribution is -0.121. The number of carbonyl (C=O) groups is 1. The molecule has 0 saturated carbocycles. The third kappa shape index (κ3) is 4.83. The minimum Gasteiger partial charge on any atom is -0.497 e. The second-order valence-electron chi connectivity index (χ2n) is 6.00. The average Bonchev–Trinajstić information content (AvgIpc) is 3.07. The summed E-state index contributed by atoms with van der Waals surface area (Å²) >= 11 is 0. The number of para-hydroxylation sites is 2. The number of hydrogen-bond acceptors (Lipinski definition) is 3. The van der Waals surface area contributed by atoms with Crippen molar-refractivity contribution in [3.63, 3.8) is 0 Å². The van der Waals surface area contributed by atoms with Crippen LogP contribution in [0.1, 0.15) is 24.2 Å². The molecule has 0 aliphatic carbocycles. The molecule has 0 spiro atoms. The molecule has 0 radical (unpaired) electrons. The number of aromatic amines is 1. The lowest BCUT2D eigenvalue weighted by Gasteiger charge is -2.05. The summed E-state index contributed by atoms with van der Waals surface area (Å²) in [5.41, 5.74) is 3.18. The van der Waals surface area contributed by atoms with E-state index in [1.807, 2.05) is 48.5 Å². The molecule has 130 valence electrons. The standard InChI is InChI=1S/C20H23N3O2/c1-25-16-11-8-15(9-12-16)10-13-20(24)21-14-4-7-19-22-17-5-2-3-6-18(17)23-19/h2-3,5-6,8-9,11-12H,4,7,10,13-14H2,1H3,(H,21,24)(H,22,23). The van der Waals surface area contributed by atoms with E-state index in [1.54, 1.807) is 7.11 Å². The monoisotopic (exact) mass is 337 g/mol. The van der Waals surface area contributed by atoms with Crippen molar-refractivity contribution in [2.75, 3.05) is 13.7 Å². The van der Waals surface area contributed by atoms with Gasteiger partial charge in [-0.25, -0.2) is 4.98 Å². The topological polar surface area (TPSA) is 67.0 Å². The third-order valence-corrected chi connectivity index (χ3v) is 4.15. The number of amides is 1. The Morgan fingerprint density at radius 1 is 1.12 bits per heavy atom. The Hall–Kier alpha value is -2.82. The molecule has 0 saturated heterocycles. The number of H-pyrrole nitrogens is 1. The molecule has 5 nitrogen and oxygen atoms in total. The molecule has 0 fully saturated rings. The van der Waals surface area contributed by atoms with Crippen LogP contribution in [0.3, 0.4) is 0 Å². The molecule has 2 N–H and O–H groups in total. The van der Waals surface area contributed by atoms with Crippen molar-refractivity contribution >= 4 is 16.9 Å². The number of carbonyl (C=O) groups excluding carboxylic acids is 1. The van der Waals surface area contributed by atoms with Gasteiger partial charge >= 0.3 is 0 Å². The smallest absolute Gasteiger partial charge is 0.220 e. The molecule has 0 aliphatic heterocycles. The number of fused-ring (bicyclic) bond motifs is 1. The summed E-state index contributed by atoms with van der Waals surface area (Å²) < 4.78 is 5.13. The molecule has 1 aromatic heterocycles. The summed E-state index contributed by atoms with van der Waals surface area (Å²) in [4.78, 5) is 19.8. The van der Waals surface area contributed by atoms with Crippen LogP contribution < -0.4 is 10.1 Å². The maximum absolute atomic E-state index is 11.9. The first-order chi connectivity index (χ1) is 12.2. The first kappa shape index (κ1) is 17.0. The van der Waals surface area contributed by atoms with Gasteiger partial charge in [0, 0.05) is 19.4 Å². The van der Waals surface area contributed by atoms with Gasteiger partial charge in [-0.05, 0) is 42.7 Å². The Morgan fingerprint density at radius 2 is 1.92 bits per heavy atom. The summed E-state index contributed by atoms with van der Waals surface area (Å²) in [6, 6.07) is 15.8. The molecule has 0 bridgehead atoms. The molecule has 0 atom stereocenters. The minimum atomic E-state index is 0.0837. The normalized spacial score (nSPS) is 10.8. The van der Waals surface area contributed by atoms with E-state index in [-0.39, 0.29) is 5.91 Å². The van der Waals surface area contributed by atoms with Crippen LogP contribution in [0.15, 0.2) is 48.5 Å². The van der Waals surface area contributed by atoms with Gasteiger partial charge < -0.3 is 15.0 Å². The van der Waals surface area contributed by atoms with Gasteiger partial charge in [-0.2, -0.15) is 0 Å². The highest BCUT2D eigenvalue weighted by atomic mass is 16.5. The van der Waals surface area contributed by atoms with Crippen molar-refractivity contribution in [1.82, 2.24) is 15.3 Å². The third-order valence-electron chi connectivity index (χ3n) is 4.15. The molecular formula is C20H23N3O2. The quantitative estimate of drug-likeness (QED) is 0.620. The predicted molar refractivity (Wildman–Crippen MR) is 98.7 cm³/mol. The fraction of sp³-hybridized carbons (Fsp3) is 0.300. The highest BCUT2D eigenvalue weighted by molar-refractivity contribution is 5.76. The maximum atomic E-state index is 11.9. The zero-order chi connectivity index (χ0) is 17.5. The Morgan fingerprint density at radius 3 is 2.68 bits per heavy atom. The highest BCUT2D eigenvalue weighted by Gasteiger charge is 2.04. The lowest BCUT2D eigenvalue weighted by atomic mass is 10.1. The van der Waals surface area contributed by atoms with Crippen LogP contribution in [0.25, 0.3) is 11.0 Å². The number of methoxy groups -OCH3 is 1. The Labute approximate surface area is 147 Å². The number of rotatable bonds is 8. The van der Waals surface area contributed by atoms with Gasteiger partial charge in [0.25, 0.3) is 0 Å². The van der Waals surface area contributed by atoms with E-state index in [0.717, 1.165) is 47.4 Å². The van der Waals surface area contributed by atoms with Crippen molar-refractivity contribution < 1.29 is 9.53 Å². The van der Waals surface area contributed by atoms with Gasteiger partial charge in [0.2, 0.25) is 5.91 Å². The van der Waals surface area contributed by atoms with Crippen LogP contribution in [0.5, 0.6) is 5.75 Å². The number of ether oxygens (including phenoxy) is 1. The fourth-order valence-corrected chi connectivity index (χ4v) is 2.75. The molecule has 25 heavy (non-hydrogen) atoms. The summed E-state index contributed by atoms with van der Waals surface area (Å²) in [6.07, 6.45) is 2.93. The van der Waals surface area contributed by atoms with Crippen molar-refractivity contribution in [1.29, 1.82) is 0 Å². The van der Waals surface area contributed by atoms with E-state index in [0.29, 0.717) is 13.0 Å². The Kier molecular flexibility index (Phi) is 5.67. The summed E-state index contributed by atoms with van der Waals surface area (Å²) in [5.74, 6) is 1.88. The van der Waals surface area contributed by atoms with Gasteiger partial charge in [0.1, 0.15) is 11.6 Å². The van der Waals surface area contributed by atoms with Gasteiger partial charge in [0.15, 0.2) is 0 Å². The SMILES string of the molecule is COc1ccc(CCC(=O)NCCCc2nc3ccccc3[nH]2)cc1. The van der Waals surface area contributed by atoms with Crippen molar-refractivity contribution in [3.05, 3.63) is 59.9 Å². The van der Waals surface area contributed by atoms with Crippen LogP contribution in [-0.4, -0.2) is 29.5 Å². The van der Waals surface area contributed by atoms with Gasteiger partial charge in [-0.1, -0.05) is 24.3 Å². The largest absolute Gasteiger partial charge is 0.497 e. The van der Waals surface area contributed by atoms with E-state index in [4.69, 9.17) is 4.74 Å². The number of nitrogens with zero attached hydrogens (tertiary/aromatic N) is 1. The van der Waals surface area contributed by atoms with Crippen LogP contribution in [-0.2, 0) is 17.6 Å². The summed E-state index contributed by atoms with van der Waals surface area (Å²) in [6.45, 7) is 0.665. The van der Waals surface area contributed by atoms with E-state index < -0.39 is 0 Å². The molecule has 2 aromatic carbocycles. The van der Waals surface area contributed by atoms with Crippen LogP contribution >= 0.6 is 0 Å². The Bertz CT molecular complexity index is 791. The number of aromatic nitrogens is 2. The number of hydrogen-bond donors (Lipinski definition) is 2. The summed E-state index contributed by atoms with van der Waals surface area (Å²) in [7, 11) is 1.65. The zero-order valence-electron chi connectivity index (χ0n) is 14.4. The van der Waals surface area contributed by atoms with Crippen LogP contribution in [0.2, 0.25) is 0 Å². The molecule has 3 rings (SSSR count). The first-order valence-electron chi connectivity index (χ1n) is 8.58. The fourth-order valence-electron chi connectivity index (χ4n) is 2.75. The number of aryl methyl sites for hydroxylation is 2. The molecular weight excluding hydrogens is 314 g/mol. The van der Waals surface area contributed by atoms with E-state index >= 15 is 0 Å². The molecule has 1 amide bonds. The lowest BCUT2D eigenvalue weighted by Crippen LogP contribution is -2.25. The summed E-state index contributed by atoms with van der Waals surface area (Å²) in [5, 5.41) is 2.97. The van der Waals surface area contributed by atoms with E-state index in [2.05, 4.69) is 15.3 Å². The molecule has 5 heteroatoms. The highest BCUT2D eigenvalue weighted by Crippen LogP contribution is 2.13. The number of benzene rings is 2. The Balaban J connectivity index is 1.36. The predicted octanol–water partition coefficient (Wildman–Crippen LogP) is 3.25. The van der Waals surface area contributed by atoms with Crippen LogP contribution in [0, 0.1) is 0 Å². The first-order valence-corrected chi connectivity index (χ1v) is 8.58. The van der Waals surface area contributed by atoms with Gasteiger partial charge in [-0.3, -0.25) is 4.79 Å². The zero-order valence-corrected chi connectivity index (χ0v) is 14.4. The van der Waals surface area contributed by atoms with Crippen molar-refractivity contribution in [2.24, 2.45) is 0 Å². The molecule has 3 aromatic rings. The van der Waals surface area contributed by atoms with Crippen molar-refractivity contribution in [3.8, 4) is 5.75 Å².